The first-order chi connectivity index (χ1) is 3.91. The fraction of sp³-hybridized carbons (Fsp3) is 0.400. The van der Waals surface area contributed by atoms with Crippen LogP contribution in [0.1, 0.15) is 0 Å². The summed E-state index contributed by atoms with van der Waals surface area (Å²) in [6.45, 7) is 0.385. The Hall–Kier alpha value is -0.590. The minimum absolute atomic E-state index is 0.385. The number of aliphatic imine (C=N–C) groups is 1. The standard InChI is InChI=1S/C5H6ClNO/c6-3-1-2-4-7-5-8/h1-2H,3-4H2. The lowest BCUT2D eigenvalue weighted by Gasteiger charge is -1.73. The fourth-order valence-electron chi connectivity index (χ4n) is 0.228. The Labute approximate surface area is 52.9 Å². The molecule has 0 bridgehead atoms. The molecule has 44 valence electrons. The monoisotopic (exact) mass is 131 g/mol. The van der Waals surface area contributed by atoms with Crippen molar-refractivity contribution >= 4 is 17.7 Å². The van der Waals surface area contributed by atoms with Crippen molar-refractivity contribution in [2.24, 2.45) is 4.99 Å². The molecular weight excluding hydrogens is 126 g/mol. The van der Waals surface area contributed by atoms with Crippen molar-refractivity contribution in [3.05, 3.63) is 12.2 Å². The normalized spacial score (nSPS) is 9.12. The summed E-state index contributed by atoms with van der Waals surface area (Å²) >= 11 is 5.25. The Morgan fingerprint density at radius 1 is 1.62 bits per heavy atom. The summed E-state index contributed by atoms with van der Waals surface area (Å²) in [6.07, 6.45) is 4.84. The molecule has 0 aromatic heterocycles. The van der Waals surface area contributed by atoms with Crippen LogP contribution in [0.5, 0.6) is 0 Å². The predicted molar refractivity (Wildman–Crippen MR) is 32.8 cm³/mol. The molecule has 0 saturated heterocycles. The van der Waals surface area contributed by atoms with E-state index in [1.54, 1.807) is 12.2 Å². The summed E-state index contributed by atoms with van der Waals surface area (Å²) in [7, 11) is 0. The minimum atomic E-state index is 0.385. The Morgan fingerprint density at radius 2 is 2.38 bits per heavy atom. The second-order valence-corrected chi connectivity index (χ2v) is 1.37. The SMILES string of the molecule is O=C=NCC=CCCl. The maximum absolute atomic E-state index is 9.41. The Kier molecular flexibility index (Phi) is 5.94. The van der Waals surface area contributed by atoms with Crippen LogP contribution < -0.4 is 0 Å². The van der Waals surface area contributed by atoms with Crippen molar-refractivity contribution in [3.8, 4) is 0 Å². The molecule has 0 amide bonds. The number of allylic oxidation sites excluding steroid dienone is 1. The number of hydrogen-bond donors (Lipinski definition) is 0. The van der Waals surface area contributed by atoms with E-state index in [1.807, 2.05) is 0 Å². The van der Waals surface area contributed by atoms with E-state index >= 15 is 0 Å². The second kappa shape index (κ2) is 6.41. The van der Waals surface area contributed by atoms with E-state index in [-0.39, 0.29) is 0 Å². The molecule has 0 radical (unpaired) electrons. The van der Waals surface area contributed by atoms with Crippen LogP contribution in [0.3, 0.4) is 0 Å². The molecule has 0 rings (SSSR count). The lowest BCUT2D eigenvalue weighted by molar-refractivity contribution is 0.564. The molecule has 0 unspecified atom stereocenters. The summed E-state index contributed by atoms with van der Waals surface area (Å²) in [5, 5.41) is 0. The Bertz CT molecular complexity index is 116. The molecule has 0 aliphatic carbocycles. The lowest BCUT2D eigenvalue weighted by Crippen LogP contribution is -1.69. The van der Waals surface area contributed by atoms with E-state index in [4.69, 9.17) is 11.6 Å². The zero-order valence-electron chi connectivity index (χ0n) is 4.30. The van der Waals surface area contributed by atoms with Gasteiger partial charge in [0.25, 0.3) is 0 Å². The van der Waals surface area contributed by atoms with Crippen LogP contribution in [0.4, 0.5) is 0 Å². The van der Waals surface area contributed by atoms with E-state index in [0.717, 1.165) is 0 Å². The highest BCUT2D eigenvalue weighted by Crippen LogP contribution is 1.77. The van der Waals surface area contributed by atoms with Gasteiger partial charge in [0, 0.05) is 5.88 Å². The lowest BCUT2D eigenvalue weighted by atomic mass is 10.5. The molecule has 3 heteroatoms. The van der Waals surface area contributed by atoms with Gasteiger partial charge in [0.05, 0.1) is 6.54 Å². The van der Waals surface area contributed by atoms with Crippen LogP contribution in [0.25, 0.3) is 0 Å². The number of alkyl halides is 1. The van der Waals surface area contributed by atoms with Crippen molar-refractivity contribution in [3.63, 3.8) is 0 Å². The largest absolute Gasteiger partial charge is 0.235 e. The summed E-state index contributed by atoms with van der Waals surface area (Å²) in [6, 6.07) is 0. The Morgan fingerprint density at radius 3 is 2.88 bits per heavy atom. The highest BCUT2D eigenvalue weighted by atomic mass is 35.5. The Balaban J connectivity index is 3.15. The number of isocyanates is 1. The average molecular weight is 132 g/mol. The molecule has 0 aliphatic rings. The van der Waals surface area contributed by atoms with Gasteiger partial charge < -0.3 is 0 Å². The third-order valence-corrected chi connectivity index (χ3v) is 0.695. The van der Waals surface area contributed by atoms with E-state index in [2.05, 4.69) is 4.99 Å². The maximum Gasteiger partial charge on any atom is 0.235 e. The minimum Gasteiger partial charge on any atom is -0.211 e. The van der Waals surface area contributed by atoms with Crippen molar-refractivity contribution in [2.45, 2.75) is 0 Å². The molecule has 0 aliphatic heterocycles. The number of rotatable bonds is 3. The molecular formula is C5H6ClNO. The van der Waals surface area contributed by atoms with Gasteiger partial charge in [0.2, 0.25) is 6.08 Å². The molecule has 8 heavy (non-hydrogen) atoms. The first-order valence-electron chi connectivity index (χ1n) is 2.16. The van der Waals surface area contributed by atoms with E-state index in [0.29, 0.717) is 12.4 Å². The van der Waals surface area contributed by atoms with Crippen LogP contribution in [0.15, 0.2) is 17.1 Å². The van der Waals surface area contributed by atoms with Gasteiger partial charge in [-0.25, -0.2) is 9.79 Å². The van der Waals surface area contributed by atoms with Gasteiger partial charge >= 0.3 is 0 Å². The first-order valence-corrected chi connectivity index (χ1v) is 2.70. The van der Waals surface area contributed by atoms with Crippen molar-refractivity contribution in [1.29, 1.82) is 0 Å². The third-order valence-electron chi connectivity index (χ3n) is 0.517. The number of carbonyl (C=O) groups excluding carboxylic acids is 1. The van der Waals surface area contributed by atoms with Crippen molar-refractivity contribution in [2.75, 3.05) is 12.4 Å². The van der Waals surface area contributed by atoms with Crippen LogP contribution in [0.2, 0.25) is 0 Å². The van der Waals surface area contributed by atoms with Gasteiger partial charge in [0.15, 0.2) is 0 Å². The first kappa shape index (κ1) is 7.41. The topological polar surface area (TPSA) is 29.4 Å². The smallest absolute Gasteiger partial charge is 0.211 e. The van der Waals surface area contributed by atoms with E-state index in [9.17, 15) is 4.79 Å². The van der Waals surface area contributed by atoms with Gasteiger partial charge in [-0.3, -0.25) is 0 Å². The van der Waals surface area contributed by atoms with Gasteiger partial charge in [-0.2, -0.15) is 0 Å². The quantitative estimate of drug-likeness (QED) is 0.244. The number of nitrogens with zero attached hydrogens (tertiary/aromatic N) is 1. The van der Waals surface area contributed by atoms with E-state index < -0.39 is 0 Å². The van der Waals surface area contributed by atoms with Gasteiger partial charge in [-0.05, 0) is 0 Å². The zero-order valence-corrected chi connectivity index (χ0v) is 5.06. The van der Waals surface area contributed by atoms with E-state index in [1.165, 1.54) is 6.08 Å². The second-order valence-electron chi connectivity index (χ2n) is 1.06. The van der Waals surface area contributed by atoms with Gasteiger partial charge in [-0.1, -0.05) is 12.2 Å². The van der Waals surface area contributed by atoms with Crippen LogP contribution in [-0.4, -0.2) is 18.5 Å². The van der Waals surface area contributed by atoms with Gasteiger partial charge in [-0.15, -0.1) is 11.6 Å². The average Bonchev–Trinajstić information content (AvgIpc) is 1.81. The third kappa shape index (κ3) is 5.41. The predicted octanol–water partition coefficient (Wildman–Crippen LogP) is 1.12. The van der Waals surface area contributed by atoms with Crippen LogP contribution in [-0.2, 0) is 4.79 Å². The van der Waals surface area contributed by atoms with Crippen molar-refractivity contribution < 1.29 is 4.79 Å². The summed E-state index contributed by atoms with van der Waals surface area (Å²) in [5.74, 6) is 0.467. The van der Waals surface area contributed by atoms with Crippen LogP contribution >= 0.6 is 11.6 Å². The highest BCUT2D eigenvalue weighted by molar-refractivity contribution is 6.18. The van der Waals surface area contributed by atoms with Crippen LogP contribution in [0, 0.1) is 0 Å². The molecule has 2 nitrogen and oxygen atoms in total. The molecule has 0 heterocycles. The summed E-state index contributed by atoms with van der Waals surface area (Å²) in [4.78, 5) is 12.7. The fourth-order valence-corrected chi connectivity index (χ4v) is 0.353. The maximum atomic E-state index is 9.41. The number of hydrogen-bond acceptors (Lipinski definition) is 2. The molecule has 0 spiro atoms. The van der Waals surface area contributed by atoms with Crippen molar-refractivity contribution in [1.82, 2.24) is 0 Å². The molecule has 0 saturated carbocycles. The molecule has 0 aromatic carbocycles. The summed E-state index contributed by atoms with van der Waals surface area (Å²) in [5.41, 5.74) is 0. The molecule has 0 N–H and O–H groups in total. The molecule has 0 fully saturated rings. The molecule has 0 aromatic rings. The summed E-state index contributed by atoms with van der Waals surface area (Å²) < 4.78 is 0. The zero-order chi connectivity index (χ0) is 6.24. The molecule has 0 atom stereocenters. The highest BCUT2D eigenvalue weighted by Gasteiger charge is 1.67. The number of halogens is 1. The van der Waals surface area contributed by atoms with Gasteiger partial charge in [0.1, 0.15) is 0 Å².